The number of carboxylic acids is 1. The van der Waals surface area contributed by atoms with E-state index in [9.17, 15) is 14.0 Å². The Morgan fingerprint density at radius 3 is 2.72 bits per heavy atom. The lowest BCUT2D eigenvalue weighted by Crippen LogP contribution is -2.40. The van der Waals surface area contributed by atoms with Crippen LogP contribution in [0.25, 0.3) is 0 Å². The summed E-state index contributed by atoms with van der Waals surface area (Å²) in [5.74, 6) is -1.90. The van der Waals surface area contributed by atoms with Crippen LogP contribution < -0.4 is 0 Å². The molecule has 0 radical (unpaired) electrons. The van der Waals surface area contributed by atoms with Crippen molar-refractivity contribution >= 4 is 11.9 Å². The van der Waals surface area contributed by atoms with Gasteiger partial charge < -0.3 is 10.0 Å². The summed E-state index contributed by atoms with van der Waals surface area (Å²) in [5, 5.41) is 9.02. The van der Waals surface area contributed by atoms with Gasteiger partial charge in [0.25, 0.3) is 5.91 Å². The largest absolute Gasteiger partial charge is 0.480 e. The van der Waals surface area contributed by atoms with Crippen molar-refractivity contribution in [2.24, 2.45) is 0 Å². The smallest absolute Gasteiger partial charge is 0.326 e. The SMILES string of the molecule is Cc1cc(F)cc(C(=O)N2CCC[C@H]2C(=O)O)c1. The number of hydrogen-bond acceptors (Lipinski definition) is 2. The van der Waals surface area contributed by atoms with Gasteiger partial charge in [-0.25, -0.2) is 9.18 Å². The minimum absolute atomic E-state index is 0.209. The molecule has 1 saturated heterocycles. The molecule has 5 heteroatoms. The first kappa shape index (κ1) is 12.5. The average molecular weight is 251 g/mol. The molecule has 0 saturated carbocycles. The second-order valence-electron chi connectivity index (χ2n) is 4.51. The van der Waals surface area contributed by atoms with E-state index in [1.807, 2.05) is 0 Å². The number of nitrogens with zero attached hydrogens (tertiary/aromatic N) is 1. The van der Waals surface area contributed by atoms with E-state index in [0.717, 1.165) is 6.07 Å². The van der Waals surface area contributed by atoms with Gasteiger partial charge in [0.1, 0.15) is 11.9 Å². The van der Waals surface area contributed by atoms with Crippen LogP contribution in [0, 0.1) is 12.7 Å². The summed E-state index contributed by atoms with van der Waals surface area (Å²) in [4.78, 5) is 24.5. The molecule has 1 amide bonds. The Hall–Kier alpha value is -1.91. The molecule has 1 atom stereocenters. The van der Waals surface area contributed by atoms with Crippen molar-refractivity contribution in [3.05, 3.63) is 35.1 Å². The monoisotopic (exact) mass is 251 g/mol. The number of benzene rings is 1. The van der Waals surface area contributed by atoms with Crippen molar-refractivity contribution < 1.29 is 19.1 Å². The van der Waals surface area contributed by atoms with Gasteiger partial charge in [0, 0.05) is 12.1 Å². The molecule has 1 aliphatic heterocycles. The van der Waals surface area contributed by atoms with E-state index in [1.54, 1.807) is 13.0 Å². The summed E-state index contributed by atoms with van der Waals surface area (Å²) < 4.78 is 13.2. The van der Waals surface area contributed by atoms with E-state index in [2.05, 4.69) is 0 Å². The Kier molecular flexibility index (Phi) is 3.32. The van der Waals surface area contributed by atoms with Crippen LogP contribution >= 0.6 is 0 Å². The highest BCUT2D eigenvalue weighted by Gasteiger charge is 2.34. The molecule has 0 aromatic heterocycles. The maximum absolute atomic E-state index is 13.2. The van der Waals surface area contributed by atoms with Crippen LogP contribution in [-0.2, 0) is 4.79 Å². The van der Waals surface area contributed by atoms with E-state index in [4.69, 9.17) is 5.11 Å². The molecule has 1 aromatic rings. The second kappa shape index (κ2) is 4.76. The van der Waals surface area contributed by atoms with Crippen molar-refractivity contribution in [3.8, 4) is 0 Å². The molecule has 96 valence electrons. The molecular formula is C13H14FNO3. The van der Waals surface area contributed by atoms with Crippen LogP contribution in [0.5, 0.6) is 0 Å². The lowest BCUT2D eigenvalue weighted by atomic mass is 10.1. The number of aryl methyl sites for hydroxylation is 1. The normalized spacial score (nSPS) is 19.0. The van der Waals surface area contributed by atoms with Gasteiger partial charge in [0.15, 0.2) is 0 Å². The summed E-state index contributed by atoms with van der Waals surface area (Å²) in [7, 11) is 0. The molecule has 1 N–H and O–H groups in total. The predicted octanol–water partition coefficient (Wildman–Crippen LogP) is 1.82. The number of carbonyl (C=O) groups excluding carboxylic acids is 1. The fraction of sp³-hybridized carbons (Fsp3) is 0.385. The molecule has 1 fully saturated rings. The highest BCUT2D eigenvalue weighted by atomic mass is 19.1. The number of carbonyl (C=O) groups is 2. The molecule has 0 unspecified atom stereocenters. The number of hydrogen-bond donors (Lipinski definition) is 1. The van der Waals surface area contributed by atoms with Crippen molar-refractivity contribution in [2.45, 2.75) is 25.8 Å². The van der Waals surface area contributed by atoms with Crippen molar-refractivity contribution in [3.63, 3.8) is 0 Å². The summed E-state index contributed by atoms with van der Waals surface area (Å²) >= 11 is 0. The first-order valence-corrected chi connectivity index (χ1v) is 5.80. The zero-order valence-corrected chi connectivity index (χ0v) is 10.0. The van der Waals surface area contributed by atoms with E-state index in [-0.39, 0.29) is 5.56 Å². The third-order valence-corrected chi connectivity index (χ3v) is 3.09. The number of halogens is 1. The van der Waals surface area contributed by atoms with Crippen molar-refractivity contribution in [1.29, 1.82) is 0 Å². The summed E-state index contributed by atoms with van der Waals surface area (Å²) in [5.41, 5.74) is 0.852. The van der Waals surface area contributed by atoms with E-state index < -0.39 is 23.7 Å². The standard InChI is InChI=1S/C13H14FNO3/c1-8-5-9(7-10(14)6-8)12(16)15-4-2-3-11(15)13(17)18/h5-7,11H,2-4H2,1H3,(H,17,18)/t11-/m0/s1. The molecule has 2 rings (SSSR count). The number of carboxylic acid groups (broad SMARTS) is 1. The zero-order chi connectivity index (χ0) is 13.3. The molecule has 0 aliphatic carbocycles. The molecule has 18 heavy (non-hydrogen) atoms. The minimum Gasteiger partial charge on any atom is -0.480 e. The molecular weight excluding hydrogens is 237 g/mol. The van der Waals surface area contributed by atoms with Crippen LogP contribution in [0.3, 0.4) is 0 Å². The Morgan fingerprint density at radius 1 is 1.39 bits per heavy atom. The van der Waals surface area contributed by atoms with E-state index in [1.165, 1.54) is 11.0 Å². The van der Waals surface area contributed by atoms with Crippen molar-refractivity contribution in [1.82, 2.24) is 4.90 Å². The molecule has 1 heterocycles. The Labute approximate surface area is 104 Å². The van der Waals surface area contributed by atoms with E-state index in [0.29, 0.717) is 24.9 Å². The fourth-order valence-electron chi connectivity index (χ4n) is 2.29. The maximum Gasteiger partial charge on any atom is 0.326 e. The van der Waals surface area contributed by atoms with E-state index >= 15 is 0 Å². The summed E-state index contributed by atoms with van der Waals surface area (Å²) in [6, 6.07) is 3.26. The van der Waals surface area contributed by atoms with Gasteiger partial charge in [-0.2, -0.15) is 0 Å². The Bertz CT molecular complexity index is 481. The lowest BCUT2D eigenvalue weighted by Gasteiger charge is -2.21. The number of aliphatic carboxylic acids is 1. The third-order valence-electron chi connectivity index (χ3n) is 3.09. The quantitative estimate of drug-likeness (QED) is 0.872. The van der Waals surface area contributed by atoms with Crippen LogP contribution in [-0.4, -0.2) is 34.5 Å². The zero-order valence-electron chi connectivity index (χ0n) is 10.0. The van der Waals surface area contributed by atoms with Crippen LogP contribution in [0.2, 0.25) is 0 Å². The molecule has 0 bridgehead atoms. The van der Waals surface area contributed by atoms with Gasteiger partial charge in [0.05, 0.1) is 0 Å². The molecule has 1 aliphatic rings. The van der Waals surface area contributed by atoms with Gasteiger partial charge in [0.2, 0.25) is 0 Å². The van der Waals surface area contributed by atoms with Crippen molar-refractivity contribution in [2.75, 3.05) is 6.54 Å². The Balaban J connectivity index is 2.28. The minimum atomic E-state index is -1.01. The summed E-state index contributed by atoms with van der Waals surface area (Å²) in [6.07, 6.45) is 1.12. The molecule has 1 aromatic carbocycles. The van der Waals surface area contributed by atoms with Gasteiger partial charge in [-0.05, 0) is 43.5 Å². The van der Waals surface area contributed by atoms with Crippen LogP contribution in [0.1, 0.15) is 28.8 Å². The first-order chi connectivity index (χ1) is 8.49. The number of likely N-dealkylation sites (tertiary alicyclic amines) is 1. The lowest BCUT2D eigenvalue weighted by molar-refractivity contribution is -0.141. The highest BCUT2D eigenvalue weighted by molar-refractivity contribution is 5.97. The van der Waals surface area contributed by atoms with Gasteiger partial charge in [-0.15, -0.1) is 0 Å². The maximum atomic E-state index is 13.2. The number of amides is 1. The predicted molar refractivity (Wildman–Crippen MR) is 62.8 cm³/mol. The number of rotatable bonds is 2. The molecule has 0 spiro atoms. The van der Waals surface area contributed by atoms with Crippen LogP contribution in [0.15, 0.2) is 18.2 Å². The average Bonchev–Trinajstić information content (AvgIpc) is 2.75. The van der Waals surface area contributed by atoms with Gasteiger partial charge >= 0.3 is 5.97 Å². The van der Waals surface area contributed by atoms with Gasteiger partial charge in [-0.3, -0.25) is 4.79 Å². The van der Waals surface area contributed by atoms with Gasteiger partial charge in [-0.1, -0.05) is 0 Å². The topological polar surface area (TPSA) is 57.6 Å². The fourth-order valence-corrected chi connectivity index (χ4v) is 2.29. The third kappa shape index (κ3) is 2.34. The van der Waals surface area contributed by atoms with Crippen LogP contribution in [0.4, 0.5) is 4.39 Å². The second-order valence-corrected chi connectivity index (χ2v) is 4.51. The highest BCUT2D eigenvalue weighted by Crippen LogP contribution is 2.21. The summed E-state index contributed by atoms with van der Waals surface area (Å²) in [6.45, 7) is 2.10. The molecule has 4 nitrogen and oxygen atoms in total. The first-order valence-electron chi connectivity index (χ1n) is 5.80. The Morgan fingerprint density at radius 2 is 2.11 bits per heavy atom.